The van der Waals surface area contributed by atoms with Gasteiger partial charge in [-0.2, -0.15) is 0 Å². The number of fused-ring (bicyclic) bond motifs is 2. The van der Waals surface area contributed by atoms with Crippen LogP contribution in [-0.2, 0) is 14.9 Å². The smallest absolute Gasteiger partial charge is 0.338 e. The molecule has 1 heterocycles. The fourth-order valence-corrected chi connectivity index (χ4v) is 6.45. The van der Waals surface area contributed by atoms with Gasteiger partial charge in [0.25, 0.3) is 0 Å². The van der Waals surface area contributed by atoms with E-state index in [1.54, 1.807) is 30.3 Å². The molecule has 4 aromatic rings. The third-order valence-corrected chi connectivity index (χ3v) is 8.89. The van der Waals surface area contributed by atoms with E-state index >= 15 is 4.39 Å². The van der Waals surface area contributed by atoms with Gasteiger partial charge in [-0.25, -0.2) is 18.0 Å². The van der Waals surface area contributed by atoms with Gasteiger partial charge in [-0.1, -0.05) is 39.0 Å². The molecule has 250 valence electrons. The second kappa shape index (κ2) is 13.1. The number of rotatable bonds is 9. The Balaban J connectivity index is 1.54. The summed E-state index contributed by atoms with van der Waals surface area (Å²) in [5.74, 6) is -0.884. The lowest BCUT2D eigenvalue weighted by atomic mass is 9.82. The van der Waals surface area contributed by atoms with Crippen molar-refractivity contribution < 1.29 is 32.2 Å². The average Bonchev–Trinajstić information content (AvgIpc) is 3.53. The summed E-state index contributed by atoms with van der Waals surface area (Å²) in [6.07, 6.45) is -3.33. The molecule has 1 aliphatic heterocycles. The Hall–Kier alpha value is -4.70. The molecule has 1 fully saturated rings. The van der Waals surface area contributed by atoms with Crippen LogP contribution in [0.4, 0.5) is 13.2 Å². The van der Waals surface area contributed by atoms with Gasteiger partial charge in [-0.15, -0.1) is 0 Å². The van der Waals surface area contributed by atoms with Crippen LogP contribution in [-0.4, -0.2) is 49.8 Å². The first-order chi connectivity index (χ1) is 22.8. The summed E-state index contributed by atoms with van der Waals surface area (Å²) in [6.45, 7) is 8.92. The van der Waals surface area contributed by atoms with E-state index in [9.17, 15) is 13.6 Å². The lowest BCUT2D eigenvalue weighted by Crippen LogP contribution is -2.20. The van der Waals surface area contributed by atoms with Crippen molar-refractivity contribution >= 4 is 28.4 Å². The Kier molecular flexibility index (Phi) is 9.04. The minimum Gasteiger partial charge on any atom is -0.460 e. The lowest BCUT2D eigenvalue weighted by molar-refractivity contribution is 0.0335. The van der Waals surface area contributed by atoms with Crippen molar-refractivity contribution in [2.75, 3.05) is 19.8 Å². The Bertz CT molecular complexity index is 1930. The molecule has 4 aromatic carbocycles. The number of amidine groups is 2. The molecule has 0 aromatic heterocycles. The van der Waals surface area contributed by atoms with Crippen LogP contribution in [0.5, 0.6) is 11.5 Å². The number of alkyl halides is 2. The standard InChI is InChI=1S/C38H38F3N3O4/c1-5-46-9-10-47-37(45)20-7-6-8-27(15-20)48-31-19-25(38(2,3)4)12-24-16-28-34(36(43)44-35(28)42)33(32(24)31)23-11-21(13-26(39)14-23)22-17-29(40)30(41)18-22/h6-8,11-16,19,22,29-30H,5,9-10,17-18H2,1-4H3,(H3,42,43,44). The highest BCUT2D eigenvalue weighted by Gasteiger charge is 2.36. The molecule has 3 N–H and O–H groups in total. The van der Waals surface area contributed by atoms with Crippen molar-refractivity contribution in [1.29, 1.82) is 10.8 Å². The summed E-state index contributed by atoms with van der Waals surface area (Å²) < 4.78 is 61.1. The fourth-order valence-electron chi connectivity index (χ4n) is 6.45. The van der Waals surface area contributed by atoms with E-state index in [1.807, 2.05) is 25.1 Å². The van der Waals surface area contributed by atoms with Gasteiger partial charge in [0.05, 0.1) is 12.2 Å². The number of carbonyl (C=O) groups is 1. The topological polar surface area (TPSA) is 104 Å². The van der Waals surface area contributed by atoms with Gasteiger partial charge in [0, 0.05) is 28.7 Å². The van der Waals surface area contributed by atoms with Crippen LogP contribution in [0.15, 0.2) is 60.7 Å². The number of carbonyl (C=O) groups excluding carboxylic acids is 1. The number of hydrogen-bond acceptors (Lipinski definition) is 6. The summed E-state index contributed by atoms with van der Waals surface area (Å²) >= 11 is 0. The van der Waals surface area contributed by atoms with Gasteiger partial charge in [0.2, 0.25) is 0 Å². The molecule has 0 bridgehead atoms. The third kappa shape index (κ3) is 6.54. The van der Waals surface area contributed by atoms with Crippen molar-refractivity contribution in [3.8, 4) is 22.6 Å². The van der Waals surface area contributed by atoms with Crippen molar-refractivity contribution in [2.45, 2.75) is 64.2 Å². The molecule has 6 rings (SSSR count). The largest absolute Gasteiger partial charge is 0.460 e. The number of benzene rings is 4. The molecule has 7 nitrogen and oxygen atoms in total. The molecule has 1 saturated carbocycles. The molecule has 10 heteroatoms. The summed E-state index contributed by atoms with van der Waals surface area (Å²) in [5, 5.41) is 21.5. The van der Waals surface area contributed by atoms with E-state index in [1.165, 1.54) is 12.1 Å². The lowest BCUT2D eigenvalue weighted by Gasteiger charge is -2.24. The molecule has 2 atom stereocenters. The molecule has 2 aliphatic rings. The molecule has 0 saturated heterocycles. The first-order valence-corrected chi connectivity index (χ1v) is 16.1. The van der Waals surface area contributed by atoms with Gasteiger partial charge in [0.1, 0.15) is 47.9 Å². The van der Waals surface area contributed by atoms with Gasteiger partial charge in [-0.05, 0) is 95.6 Å². The zero-order valence-electron chi connectivity index (χ0n) is 27.3. The minimum atomic E-state index is -1.62. The fraction of sp³-hybridized carbons (Fsp3) is 0.342. The normalized spacial score (nSPS) is 19.0. The Morgan fingerprint density at radius 2 is 1.69 bits per heavy atom. The van der Waals surface area contributed by atoms with Crippen LogP contribution in [0.2, 0.25) is 0 Å². The number of ether oxygens (including phenoxy) is 3. The predicted octanol–water partition coefficient (Wildman–Crippen LogP) is 8.74. The number of halogens is 3. The third-order valence-electron chi connectivity index (χ3n) is 8.89. The molecule has 0 radical (unpaired) electrons. The van der Waals surface area contributed by atoms with Crippen LogP contribution in [0, 0.1) is 16.6 Å². The van der Waals surface area contributed by atoms with Gasteiger partial charge in [-0.3, -0.25) is 10.8 Å². The van der Waals surface area contributed by atoms with Crippen LogP contribution in [0.25, 0.3) is 21.9 Å². The van der Waals surface area contributed by atoms with E-state index in [0.717, 1.165) is 5.56 Å². The summed E-state index contributed by atoms with van der Waals surface area (Å²) in [4.78, 5) is 12.8. The molecule has 1 aliphatic carbocycles. The maximum atomic E-state index is 15.4. The quantitative estimate of drug-likeness (QED) is 0.123. The Morgan fingerprint density at radius 1 is 0.938 bits per heavy atom. The molecule has 0 amide bonds. The van der Waals surface area contributed by atoms with Crippen molar-refractivity contribution in [1.82, 2.24) is 5.32 Å². The van der Waals surface area contributed by atoms with Crippen LogP contribution >= 0.6 is 0 Å². The van der Waals surface area contributed by atoms with E-state index in [0.29, 0.717) is 56.7 Å². The molecule has 2 unspecified atom stereocenters. The van der Waals surface area contributed by atoms with E-state index < -0.39 is 30.0 Å². The first-order valence-electron chi connectivity index (χ1n) is 16.1. The summed E-state index contributed by atoms with van der Waals surface area (Å²) in [6, 6.07) is 16.7. The molecular formula is C38H38F3N3O4. The van der Waals surface area contributed by atoms with Crippen LogP contribution in [0.3, 0.4) is 0 Å². The molecular weight excluding hydrogens is 619 g/mol. The van der Waals surface area contributed by atoms with E-state index in [4.69, 9.17) is 25.0 Å². The number of nitrogens with one attached hydrogen (secondary N) is 3. The minimum absolute atomic E-state index is 0.0327. The van der Waals surface area contributed by atoms with Crippen molar-refractivity contribution in [3.05, 3.63) is 94.3 Å². The number of esters is 1. The molecule has 0 spiro atoms. The van der Waals surface area contributed by atoms with Gasteiger partial charge in [0.15, 0.2) is 0 Å². The number of hydrogen-bond donors (Lipinski definition) is 3. The van der Waals surface area contributed by atoms with Crippen LogP contribution in [0.1, 0.15) is 79.1 Å². The first kappa shape index (κ1) is 33.2. The summed E-state index contributed by atoms with van der Waals surface area (Å²) in [5.41, 5.74) is 3.06. The zero-order chi connectivity index (χ0) is 34.3. The second-order valence-corrected chi connectivity index (χ2v) is 13.3. The van der Waals surface area contributed by atoms with Crippen molar-refractivity contribution in [3.63, 3.8) is 0 Å². The highest BCUT2D eigenvalue weighted by molar-refractivity contribution is 6.29. The maximum Gasteiger partial charge on any atom is 0.338 e. The van der Waals surface area contributed by atoms with E-state index in [2.05, 4.69) is 26.1 Å². The highest BCUT2D eigenvalue weighted by Crippen LogP contribution is 2.46. The van der Waals surface area contributed by atoms with Gasteiger partial charge < -0.3 is 19.5 Å². The van der Waals surface area contributed by atoms with E-state index in [-0.39, 0.29) is 48.7 Å². The average molecular weight is 658 g/mol. The second-order valence-electron chi connectivity index (χ2n) is 13.3. The highest BCUT2D eigenvalue weighted by atomic mass is 19.2. The van der Waals surface area contributed by atoms with Gasteiger partial charge >= 0.3 is 5.97 Å². The Morgan fingerprint density at radius 3 is 2.40 bits per heavy atom. The predicted molar refractivity (Wildman–Crippen MR) is 180 cm³/mol. The van der Waals surface area contributed by atoms with Crippen LogP contribution < -0.4 is 10.1 Å². The zero-order valence-corrected chi connectivity index (χ0v) is 27.3. The Labute approximate surface area is 277 Å². The molecule has 48 heavy (non-hydrogen) atoms. The van der Waals surface area contributed by atoms with Crippen molar-refractivity contribution in [2.24, 2.45) is 0 Å². The monoisotopic (exact) mass is 657 g/mol. The maximum absolute atomic E-state index is 15.4. The SMILES string of the molecule is CCOCCOC(=O)c1cccc(Oc2cc(C(C)(C)C)cc3cc4c(c(-c5cc(F)cc(C6CC(F)C(F)C6)c5)c23)C(=N)NC4=N)c1. The summed E-state index contributed by atoms with van der Waals surface area (Å²) in [7, 11) is 0.